The van der Waals surface area contributed by atoms with Gasteiger partial charge in [-0.15, -0.1) is 0 Å². The van der Waals surface area contributed by atoms with Gasteiger partial charge in [-0.1, -0.05) is 0 Å². The molecule has 2 heterocycles. The zero-order valence-electron chi connectivity index (χ0n) is 11.8. The third-order valence-corrected chi connectivity index (χ3v) is 4.90. The average molecular weight is 258 g/mol. The van der Waals surface area contributed by atoms with Gasteiger partial charge in [0.25, 0.3) is 0 Å². The van der Waals surface area contributed by atoms with Crippen molar-refractivity contribution in [1.29, 1.82) is 0 Å². The van der Waals surface area contributed by atoms with Crippen LogP contribution >= 0.6 is 0 Å². The van der Waals surface area contributed by atoms with E-state index in [2.05, 4.69) is 0 Å². The Balaban J connectivity index is 2.06. The van der Waals surface area contributed by atoms with Gasteiger partial charge in [-0.25, -0.2) is 0 Å². The fraction of sp³-hybridized carbons (Fsp3) is 1.00. The fourth-order valence-corrected chi connectivity index (χ4v) is 3.19. The number of rotatable bonds is 3. The lowest BCUT2D eigenvalue weighted by atomic mass is 9.72. The van der Waals surface area contributed by atoms with Crippen LogP contribution in [0.15, 0.2) is 0 Å². The van der Waals surface area contributed by atoms with Crippen LogP contribution in [0.2, 0.25) is 0 Å². The molecule has 0 aromatic rings. The first-order valence-corrected chi connectivity index (χ1v) is 6.97. The molecule has 0 bridgehead atoms. The molecule has 18 heavy (non-hydrogen) atoms. The lowest BCUT2D eigenvalue weighted by molar-refractivity contribution is -0.191. The Labute approximate surface area is 110 Å². The van der Waals surface area contributed by atoms with Gasteiger partial charge in [-0.05, 0) is 45.4 Å². The summed E-state index contributed by atoms with van der Waals surface area (Å²) in [6.45, 7) is 6.11. The third kappa shape index (κ3) is 2.72. The molecule has 2 aliphatic heterocycles. The van der Waals surface area contributed by atoms with E-state index in [9.17, 15) is 5.11 Å². The second-order valence-electron chi connectivity index (χ2n) is 5.94. The average Bonchev–Trinajstić information content (AvgIpc) is 2.38. The van der Waals surface area contributed by atoms with Gasteiger partial charge < -0.3 is 19.3 Å². The van der Waals surface area contributed by atoms with Crippen LogP contribution < -0.4 is 0 Å². The Kier molecular flexibility index (Phi) is 4.32. The molecule has 4 nitrogen and oxygen atoms in total. The molecule has 3 atom stereocenters. The number of hydrogen-bond acceptors (Lipinski definition) is 4. The van der Waals surface area contributed by atoms with Crippen LogP contribution in [0.3, 0.4) is 0 Å². The zero-order chi connectivity index (χ0) is 13.2. The summed E-state index contributed by atoms with van der Waals surface area (Å²) >= 11 is 0. The lowest BCUT2D eigenvalue weighted by Gasteiger charge is -2.48. The van der Waals surface area contributed by atoms with E-state index < -0.39 is 5.60 Å². The molecule has 2 aliphatic rings. The quantitative estimate of drug-likeness (QED) is 0.838. The van der Waals surface area contributed by atoms with Crippen molar-refractivity contribution in [2.75, 3.05) is 26.9 Å². The van der Waals surface area contributed by atoms with E-state index in [-0.39, 0.29) is 17.6 Å². The maximum absolute atomic E-state index is 10.7. The Hall–Kier alpha value is -0.160. The first-order valence-electron chi connectivity index (χ1n) is 6.97. The van der Waals surface area contributed by atoms with Crippen molar-refractivity contribution >= 4 is 0 Å². The minimum Gasteiger partial charge on any atom is -0.387 e. The molecule has 2 saturated heterocycles. The van der Waals surface area contributed by atoms with Gasteiger partial charge in [-0.2, -0.15) is 0 Å². The molecule has 0 saturated carbocycles. The van der Waals surface area contributed by atoms with Gasteiger partial charge in [-0.3, -0.25) is 0 Å². The smallest absolute Gasteiger partial charge is 0.0907 e. The van der Waals surface area contributed by atoms with Crippen molar-refractivity contribution in [3.63, 3.8) is 0 Å². The fourth-order valence-electron chi connectivity index (χ4n) is 3.19. The predicted octanol–water partition coefficient (Wildman–Crippen LogP) is 1.75. The van der Waals surface area contributed by atoms with Crippen molar-refractivity contribution in [2.45, 2.75) is 56.8 Å². The molecule has 0 radical (unpaired) electrons. The number of hydrogen-bond donors (Lipinski definition) is 1. The van der Waals surface area contributed by atoms with E-state index in [1.165, 1.54) is 0 Å². The van der Waals surface area contributed by atoms with E-state index >= 15 is 0 Å². The second kappa shape index (κ2) is 5.45. The van der Waals surface area contributed by atoms with E-state index in [0.29, 0.717) is 0 Å². The molecule has 0 aromatic carbocycles. The molecule has 2 fully saturated rings. The van der Waals surface area contributed by atoms with Crippen LogP contribution in [-0.4, -0.2) is 49.3 Å². The van der Waals surface area contributed by atoms with Gasteiger partial charge in [0.15, 0.2) is 0 Å². The molecule has 4 heteroatoms. The van der Waals surface area contributed by atoms with Gasteiger partial charge in [0.05, 0.1) is 17.3 Å². The minimum atomic E-state index is -0.788. The Morgan fingerprint density at radius 1 is 1.33 bits per heavy atom. The highest BCUT2D eigenvalue weighted by molar-refractivity contribution is 4.97. The molecule has 1 spiro atoms. The van der Waals surface area contributed by atoms with Crippen molar-refractivity contribution in [3.05, 3.63) is 0 Å². The Bertz CT molecular complexity index is 265. The van der Waals surface area contributed by atoms with E-state index in [4.69, 9.17) is 14.2 Å². The molecule has 0 amide bonds. The SMILES string of the molecule is COC(C)C(C)(O)C1CCOC2(CCOCC2)C1. The summed E-state index contributed by atoms with van der Waals surface area (Å²) in [5, 5.41) is 10.7. The van der Waals surface area contributed by atoms with Crippen molar-refractivity contribution in [3.8, 4) is 0 Å². The van der Waals surface area contributed by atoms with Crippen molar-refractivity contribution < 1.29 is 19.3 Å². The molecule has 3 unspecified atom stereocenters. The van der Waals surface area contributed by atoms with Crippen LogP contribution in [0.5, 0.6) is 0 Å². The maximum atomic E-state index is 10.7. The monoisotopic (exact) mass is 258 g/mol. The summed E-state index contributed by atoms with van der Waals surface area (Å²) in [5.74, 6) is 0.235. The first-order chi connectivity index (χ1) is 8.50. The topological polar surface area (TPSA) is 47.9 Å². The third-order valence-electron chi connectivity index (χ3n) is 4.90. The summed E-state index contributed by atoms with van der Waals surface area (Å²) in [6.07, 6.45) is 3.56. The summed E-state index contributed by atoms with van der Waals surface area (Å²) in [7, 11) is 1.66. The van der Waals surface area contributed by atoms with E-state index in [1.54, 1.807) is 7.11 Å². The molecular formula is C14H26O4. The maximum Gasteiger partial charge on any atom is 0.0907 e. The van der Waals surface area contributed by atoms with Crippen LogP contribution in [0.25, 0.3) is 0 Å². The van der Waals surface area contributed by atoms with Crippen LogP contribution in [-0.2, 0) is 14.2 Å². The Morgan fingerprint density at radius 3 is 2.61 bits per heavy atom. The van der Waals surface area contributed by atoms with Crippen molar-refractivity contribution in [1.82, 2.24) is 0 Å². The van der Waals surface area contributed by atoms with E-state index in [1.807, 2.05) is 13.8 Å². The number of methoxy groups -OCH3 is 1. The molecule has 0 aromatic heterocycles. The predicted molar refractivity (Wildman–Crippen MR) is 68.6 cm³/mol. The normalized spacial score (nSPS) is 33.0. The lowest BCUT2D eigenvalue weighted by Crippen LogP contribution is -2.53. The molecule has 2 rings (SSSR count). The highest BCUT2D eigenvalue weighted by Gasteiger charge is 2.46. The molecule has 0 aliphatic carbocycles. The van der Waals surface area contributed by atoms with E-state index in [0.717, 1.165) is 45.5 Å². The summed E-state index contributed by atoms with van der Waals surface area (Å²) < 4.78 is 16.8. The summed E-state index contributed by atoms with van der Waals surface area (Å²) in [4.78, 5) is 0. The van der Waals surface area contributed by atoms with Gasteiger partial charge in [0.2, 0.25) is 0 Å². The highest BCUT2D eigenvalue weighted by atomic mass is 16.5. The van der Waals surface area contributed by atoms with Crippen molar-refractivity contribution in [2.24, 2.45) is 5.92 Å². The second-order valence-corrected chi connectivity index (χ2v) is 5.94. The molecular weight excluding hydrogens is 232 g/mol. The van der Waals surface area contributed by atoms with Crippen LogP contribution in [0.4, 0.5) is 0 Å². The van der Waals surface area contributed by atoms with Crippen LogP contribution in [0.1, 0.15) is 39.5 Å². The summed E-state index contributed by atoms with van der Waals surface area (Å²) in [6, 6.07) is 0. The van der Waals surface area contributed by atoms with Gasteiger partial charge in [0, 0.05) is 26.9 Å². The minimum absolute atomic E-state index is 0.0708. The molecule has 1 N–H and O–H groups in total. The molecule has 106 valence electrons. The standard InChI is InChI=1S/C14H26O4/c1-11(16-3)13(2,15)12-4-7-18-14(10-12)5-8-17-9-6-14/h11-12,15H,4-10H2,1-3H3. The summed E-state index contributed by atoms with van der Waals surface area (Å²) in [5.41, 5.74) is -0.859. The first kappa shape index (κ1) is 14.3. The van der Waals surface area contributed by atoms with Gasteiger partial charge in [0.1, 0.15) is 0 Å². The number of aliphatic hydroxyl groups is 1. The highest BCUT2D eigenvalue weighted by Crippen LogP contribution is 2.42. The zero-order valence-corrected chi connectivity index (χ0v) is 11.8. The number of ether oxygens (including phenoxy) is 3. The van der Waals surface area contributed by atoms with Gasteiger partial charge >= 0.3 is 0 Å². The largest absolute Gasteiger partial charge is 0.387 e. The van der Waals surface area contributed by atoms with Crippen LogP contribution in [0, 0.1) is 5.92 Å². The Morgan fingerprint density at radius 2 is 2.00 bits per heavy atom.